The first-order valence-corrected chi connectivity index (χ1v) is 3.40. The second-order valence-electron chi connectivity index (χ2n) is 1.67. The van der Waals surface area contributed by atoms with E-state index >= 15 is 0 Å². The van der Waals surface area contributed by atoms with Crippen LogP contribution < -0.4 is 0 Å². The largest absolute Gasteiger partial charge is 0.0919 e. The zero-order valence-corrected chi connectivity index (χ0v) is 6.57. The van der Waals surface area contributed by atoms with Crippen molar-refractivity contribution >= 4 is 0 Å². The van der Waals surface area contributed by atoms with E-state index in [1.165, 1.54) is 12.8 Å². The maximum Gasteiger partial charge on any atom is -0.0470 e. The van der Waals surface area contributed by atoms with Gasteiger partial charge in [0.1, 0.15) is 0 Å². The van der Waals surface area contributed by atoms with Crippen LogP contribution in [0.5, 0.6) is 0 Å². The van der Waals surface area contributed by atoms with Crippen molar-refractivity contribution in [2.45, 2.75) is 55.4 Å². The van der Waals surface area contributed by atoms with E-state index in [2.05, 4.69) is 13.8 Å². The molecule has 0 amide bonds. The molecule has 0 atom stereocenters. The number of rotatable bonds is 1. The molecular weight excluding hydrogens is 120 g/mol. The number of hydrogen-bond donors (Lipinski definition) is 0. The lowest BCUT2D eigenvalue weighted by molar-refractivity contribution is 0.886. The van der Waals surface area contributed by atoms with Crippen molar-refractivity contribution in [1.29, 1.82) is 0 Å². The highest BCUT2D eigenvalue weighted by atomic mass is 13.6. The van der Waals surface area contributed by atoms with Gasteiger partial charge in [-0.2, -0.15) is 0 Å². The van der Waals surface area contributed by atoms with Crippen molar-refractivity contribution < 1.29 is 0 Å². The van der Waals surface area contributed by atoms with Crippen molar-refractivity contribution in [3.05, 3.63) is 12.2 Å². The second-order valence-corrected chi connectivity index (χ2v) is 1.67. The standard InChI is InChI=1S/C4H10.C4H8.2CH4/c2*1-3-4-2;;/h3-4H2,1-2H3;3-4H,1-2H3;2*1H4. The summed E-state index contributed by atoms with van der Waals surface area (Å²) in [7, 11) is 0. The Morgan fingerprint density at radius 1 is 0.800 bits per heavy atom. The van der Waals surface area contributed by atoms with E-state index in [9.17, 15) is 0 Å². The molecule has 0 aliphatic heterocycles. The maximum atomic E-state index is 2.18. The van der Waals surface area contributed by atoms with Gasteiger partial charge in [0.15, 0.2) is 0 Å². The predicted molar refractivity (Wildman–Crippen MR) is 54.5 cm³/mol. The molecule has 0 bridgehead atoms. The van der Waals surface area contributed by atoms with Crippen LogP contribution in [-0.4, -0.2) is 0 Å². The fourth-order valence-corrected chi connectivity index (χ4v) is 0. The van der Waals surface area contributed by atoms with Crippen LogP contribution in [0.1, 0.15) is 55.4 Å². The Balaban J connectivity index is -0.0000000300. The van der Waals surface area contributed by atoms with Gasteiger partial charge in [-0.05, 0) is 13.8 Å². The molecule has 66 valence electrons. The van der Waals surface area contributed by atoms with Crippen LogP contribution in [0.25, 0.3) is 0 Å². The van der Waals surface area contributed by atoms with Crippen LogP contribution >= 0.6 is 0 Å². The van der Waals surface area contributed by atoms with Gasteiger partial charge >= 0.3 is 0 Å². The first-order valence-electron chi connectivity index (χ1n) is 3.40. The Bertz CT molecular complexity index is 29.3. The summed E-state index contributed by atoms with van der Waals surface area (Å²) in [5.74, 6) is 0. The molecule has 0 aromatic heterocycles. The first kappa shape index (κ1) is 22.6. The predicted octanol–water partition coefficient (Wildman–Crippen LogP) is 4.66. The molecule has 0 aliphatic carbocycles. The van der Waals surface area contributed by atoms with Gasteiger partial charge in [-0.3, -0.25) is 0 Å². The quantitative estimate of drug-likeness (QED) is 0.472. The molecule has 0 heterocycles. The Morgan fingerprint density at radius 2 is 1.00 bits per heavy atom. The molecule has 0 N–H and O–H groups in total. The zero-order valence-electron chi connectivity index (χ0n) is 6.57. The van der Waals surface area contributed by atoms with Crippen LogP contribution in [0.15, 0.2) is 12.2 Å². The summed E-state index contributed by atoms with van der Waals surface area (Å²) < 4.78 is 0. The third-order valence-electron chi connectivity index (χ3n) is 0.833. The molecule has 0 aromatic rings. The molecule has 0 fully saturated rings. The number of allylic oxidation sites excluding steroid dienone is 2. The van der Waals surface area contributed by atoms with E-state index < -0.39 is 0 Å². The summed E-state index contributed by atoms with van der Waals surface area (Å²) in [6.07, 6.45) is 6.64. The third-order valence-corrected chi connectivity index (χ3v) is 0.833. The molecule has 0 aliphatic rings. The molecule has 0 spiro atoms. The molecule has 0 rings (SSSR count). The van der Waals surface area contributed by atoms with E-state index in [1.54, 1.807) is 0 Å². The van der Waals surface area contributed by atoms with Gasteiger partial charge in [0.05, 0.1) is 0 Å². The summed E-state index contributed by atoms with van der Waals surface area (Å²) in [4.78, 5) is 0. The van der Waals surface area contributed by atoms with Crippen LogP contribution in [0, 0.1) is 0 Å². The summed E-state index contributed by atoms with van der Waals surface area (Å²) in [5.41, 5.74) is 0. The minimum atomic E-state index is 0. The summed E-state index contributed by atoms with van der Waals surface area (Å²) in [5, 5.41) is 0. The van der Waals surface area contributed by atoms with Crippen LogP contribution in [0.4, 0.5) is 0 Å². The molecule has 0 aromatic carbocycles. The van der Waals surface area contributed by atoms with Crippen LogP contribution in [-0.2, 0) is 0 Å². The van der Waals surface area contributed by atoms with E-state index in [-0.39, 0.29) is 14.9 Å². The molecule has 0 saturated carbocycles. The Kier molecular flexibility index (Phi) is 84.5. The van der Waals surface area contributed by atoms with Gasteiger partial charge in [0.25, 0.3) is 0 Å². The fraction of sp³-hybridized carbons (Fsp3) is 0.800. The van der Waals surface area contributed by atoms with E-state index in [4.69, 9.17) is 0 Å². The monoisotopic (exact) mass is 146 g/mol. The molecule has 0 heteroatoms. The van der Waals surface area contributed by atoms with Crippen molar-refractivity contribution in [3.8, 4) is 0 Å². The van der Waals surface area contributed by atoms with Gasteiger partial charge in [-0.25, -0.2) is 0 Å². The summed E-state index contributed by atoms with van der Waals surface area (Å²) in [6.45, 7) is 8.36. The molecule has 0 saturated heterocycles. The Labute approximate surface area is 68.4 Å². The topological polar surface area (TPSA) is 0 Å². The highest BCUT2D eigenvalue weighted by molar-refractivity contribution is 4.68. The zero-order chi connectivity index (χ0) is 6.83. The lowest BCUT2D eigenvalue weighted by Crippen LogP contribution is -1.47. The molecule has 0 nitrogen and oxygen atoms in total. The second kappa shape index (κ2) is 37.4. The lowest BCUT2D eigenvalue weighted by atomic mass is 10.4. The average Bonchev–Trinajstić information content (AvgIpc) is 1.88. The molecular formula is C10H26. The molecule has 0 radical (unpaired) electrons. The van der Waals surface area contributed by atoms with Gasteiger partial charge in [0.2, 0.25) is 0 Å². The van der Waals surface area contributed by atoms with Gasteiger partial charge < -0.3 is 0 Å². The number of hydrogen-bond acceptors (Lipinski definition) is 0. The maximum absolute atomic E-state index is 2.18. The van der Waals surface area contributed by atoms with E-state index in [0.29, 0.717) is 0 Å². The summed E-state index contributed by atoms with van der Waals surface area (Å²) >= 11 is 0. The SMILES string of the molecule is C.C.CC=CC.CCCC. The van der Waals surface area contributed by atoms with Crippen LogP contribution in [0.3, 0.4) is 0 Å². The van der Waals surface area contributed by atoms with Gasteiger partial charge in [-0.1, -0.05) is 53.7 Å². The minimum absolute atomic E-state index is 0. The Morgan fingerprint density at radius 3 is 1.00 bits per heavy atom. The van der Waals surface area contributed by atoms with Gasteiger partial charge in [-0.15, -0.1) is 0 Å². The first-order chi connectivity index (χ1) is 3.83. The molecule has 10 heavy (non-hydrogen) atoms. The van der Waals surface area contributed by atoms with Gasteiger partial charge in [0, 0.05) is 0 Å². The van der Waals surface area contributed by atoms with Crippen molar-refractivity contribution in [3.63, 3.8) is 0 Å². The van der Waals surface area contributed by atoms with E-state index in [0.717, 1.165) is 0 Å². The fourth-order valence-electron chi connectivity index (χ4n) is 0. The van der Waals surface area contributed by atoms with Crippen molar-refractivity contribution in [1.82, 2.24) is 0 Å². The Hall–Kier alpha value is -0.260. The highest BCUT2D eigenvalue weighted by Crippen LogP contribution is 1.76. The third kappa shape index (κ3) is 116. The lowest BCUT2D eigenvalue weighted by Gasteiger charge is -1.68. The minimum Gasteiger partial charge on any atom is -0.0919 e. The smallest absolute Gasteiger partial charge is 0.0470 e. The highest BCUT2D eigenvalue weighted by Gasteiger charge is 1.56. The normalized spacial score (nSPS) is 6.80. The van der Waals surface area contributed by atoms with E-state index in [1.807, 2.05) is 26.0 Å². The molecule has 0 unspecified atom stereocenters. The van der Waals surface area contributed by atoms with Crippen molar-refractivity contribution in [2.75, 3.05) is 0 Å². The van der Waals surface area contributed by atoms with Crippen LogP contribution in [0.2, 0.25) is 0 Å². The number of unbranched alkanes of at least 4 members (excludes halogenated alkanes) is 1. The average molecular weight is 146 g/mol. The van der Waals surface area contributed by atoms with Crippen molar-refractivity contribution in [2.24, 2.45) is 0 Å². The summed E-state index contributed by atoms with van der Waals surface area (Å²) in [6, 6.07) is 0.